The second-order valence-corrected chi connectivity index (χ2v) is 7.43. The molecule has 0 fully saturated rings. The number of nitriles is 1. The van der Waals surface area contributed by atoms with Crippen LogP contribution in [0.3, 0.4) is 0 Å². The molecule has 32 heavy (non-hydrogen) atoms. The highest BCUT2D eigenvalue weighted by atomic mass is 35.5. The minimum atomic E-state index is -0.525. The summed E-state index contributed by atoms with van der Waals surface area (Å²) >= 11 is 6.40. The number of hydrogen-bond donors (Lipinski definition) is 1. The second-order valence-electron chi connectivity index (χ2n) is 7.02. The van der Waals surface area contributed by atoms with E-state index in [4.69, 9.17) is 25.8 Å². The molecule has 0 bridgehead atoms. The highest BCUT2D eigenvalue weighted by Crippen LogP contribution is 2.37. The Morgan fingerprint density at radius 2 is 1.88 bits per heavy atom. The molecule has 0 radical (unpaired) electrons. The van der Waals surface area contributed by atoms with Gasteiger partial charge in [-0.25, -0.2) is 0 Å². The summed E-state index contributed by atoms with van der Waals surface area (Å²) in [6.07, 6.45) is 5.79. The molecule has 0 spiro atoms. The van der Waals surface area contributed by atoms with Gasteiger partial charge in [0.1, 0.15) is 17.4 Å². The molecule has 0 aromatic heterocycles. The minimum absolute atomic E-state index is 0.0646. The zero-order chi connectivity index (χ0) is 23.3. The third-order valence-corrected chi connectivity index (χ3v) is 4.88. The second kappa shape index (κ2) is 13.3. The maximum absolute atomic E-state index is 12.6. The highest BCUT2D eigenvalue weighted by Gasteiger charge is 2.14. The number of hydrogen-bond acceptors (Lipinski definition) is 5. The highest BCUT2D eigenvalue weighted by molar-refractivity contribution is 6.32. The number of carbonyl (C=O) groups excluding carboxylic acids is 1. The molecule has 1 N–H and O–H groups in total. The van der Waals surface area contributed by atoms with Crippen molar-refractivity contribution in [3.63, 3.8) is 0 Å². The van der Waals surface area contributed by atoms with Crippen molar-refractivity contribution in [3.05, 3.63) is 52.6 Å². The molecule has 2 aromatic carbocycles. The summed E-state index contributed by atoms with van der Waals surface area (Å²) < 4.78 is 16.6. The van der Waals surface area contributed by atoms with Crippen LogP contribution in [0.1, 0.15) is 45.1 Å². The van der Waals surface area contributed by atoms with Crippen LogP contribution in [0.2, 0.25) is 5.02 Å². The van der Waals surface area contributed by atoms with Crippen LogP contribution in [-0.4, -0.2) is 26.2 Å². The van der Waals surface area contributed by atoms with Crippen LogP contribution >= 0.6 is 11.6 Å². The molecular formula is C25H29ClN2O4. The van der Waals surface area contributed by atoms with Crippen LogP contribution in [0.25, 0.3) is 6.08 Å². The molecule has 170 valence electrons. The Morgan fingerprint density at radius 3 is 2.50 bits per heavy atom. The number of halogens is 1. The van der Waals surface area contributed by atoms with E-state index in [0.717, 1.165) is 25.7 Å². The molecule has 0 heterocycles. The van der Waals surface area contributed by atoms with Crippen molar-refractivity contribution in [2.24, 2.45) is 0 Å². The van der Waals surface area contributed by atoms with Crippen molar-refractivity contribution < 1.29 is 19.0 Å². The number of nitrogens with one attached hydrogen (secondary N) is 1. The van der Waals surface area contributed by atoms with Gasteiger partial charge in [-0.3, -0.25) is 4.79 Å². The number of rotatable bonds is 12. The fourth-order valence-corrected chi connectivity index (χ4v) is 3.25. The van der Waals surface area contributed by atoms with E-state index in [1.807, 2.05) is 13.0 Å². The monoisotopic (exact) mass is 456 g/mol. The molecule has 0 aliphatic carbocycles. The van der Waals surface area contributed by atoms with Crippen molar-refractivity contribution in [2.75, 3.05) is 25.6 Å². The van der Waals surface area contributed by atoms with Gasteiger partial charge in [0.15, 0.2) is 11.5 Å². The first-order valence-electron chi connectivity index (χ1n) is 10.7. The van der Waals surface area contributed by atoms with Crippen LogP contribution in [0, 0.1) is 11.3 Å². The molecule has 0 saturated carbocycles. The van der Waals surface area contributed by atoms with Gasteiger partial charge < -0.3 is 19.5 Å². The maximum atomic E-state index is 12.6. The first-order chi connectivity index (χ1) is 15.5. The lowest BCUT2D eigenvalue weighted by atomic mass is 10.1. The van der Waals surface area contributed by atoms with E-state index < -0.39 is 5.91 Å². The molecule has 0 aliphatic heterocycles. The SMILES string of the molecule is CCCCCCOc1c(Cl)cc(/C=C(\C#N)C(=O)Nc2ccc(OCC)cc2)cc1OC. The maximum Gasteiger partial charge on any atom is 0.266 e. The third-order valence-electron chi connectivity index (χ3n) is 4.60. The van der Waals surface area contributed by atoms with Crippen LogP contribution < -0.4 is 19.5 Å². The predicted octanol–water partition coefficient (Wildman–Crippen LogP) is 6.25. The molecule has 7 heteroatoms. The molecule has 0 atom stereocenters. The fraction of sp³-hybridized carbons (Fsp3) is 0.360. The summed E-state index contributed by atoms with van der Waals surface area (Å²) in [5, 5.41) is 12.6. The van der Waals surface area contributed by atoms with Gasteiger partial charge in [0.05, 0.1) is 25.3 Å². The van der Waals surface area contributed by atoms with Gasteiger partial charge in [0, 0.05) is 5.69 Å². The normalized spacial score (nSPS) is 10.9. The van der Waals surface area contributed by atoms with Gasteiger partial charge in [0.25, 0.3) is 5.91 Å². The van der Waals surface area contributed by atoms with Gasteiger partial charge in [-0.05, 0) is 61.4 Å². The quantitative estimate of drug-likeness (QED) is 0.232. The minimum Gasteiger partial charge on any atom is -0.494 e. The summed E-state index contributed by atoms with van der Waals surface area (Å²) in [7, 11) is 1.52. The Balaban J connectivity index is 2.14. The van der Waals surface area contributed by atoms with E-state index in [0.29, 0.717) is 46.7 Å². The summed E-state index contributed by atoms with van der Waals surface area (Å²) in [5.41, 5.74) is 1.05. The lowest BCUT2D eigenvalue weighted by Crippen LogP contribution is -2.13. The van der Waals surface area contributed by atoms with E-state index in [-0.39, 0.29) is 5.57 Å². The summed E-state index contributed by atoms with van der Waals surface area (Å²) in [4.78, 5) is 12.6. The van der Waals surface area contributed by atoms with Crippen molar-refractivity contribution in [1.29, 1.82) is 5.26 Å². The van der Waals surface area contributed by atoms with Gasteiger partial charge in [-0.15, -0.1) is 0 Å². The summed E-state index contributed by atoms with van der Waals surface area (Å²) in [6, 6.07) is 12.2. The number of nitrogens with zero attached hydrogens (tertiary/aromatic N) is 1. The Bertz CT molecular complexity index is 965. The number of anilines is 1. The van der Waals surface area contributed by atoms with E-state index in [9.17, 15) is 10.1 Å². The van der Waals surface area contributed by atoms with Crippen LogP contribution in [0.5, 0.6) is 17.2 Å². The molecule has 0 saturated heterocycles. The number of amides is 1. The third kappa shape index (κ3) is 7.51. The molecule has 1 amide bonds. The fourth-order valence-electron chi connectivity index (χ4n) is 2.98. The van der Waals surface area contributed by atoms with E-state index in [1.54, 1.807) is 36.4 Å². The average molecular weight is 457 g/mol. The van der Waals surface area contributed by atoms with E-state index in [2.05, 4.69) is 12.2 Å². The smallest absolute Gasteiger partial charge is 0.266 e. The van der Waals surface area contributed by atoms with Crippen LogP contribution in [-0.2, 0) is 4.79 Å². The van der Waals surface area contributed by atoms with Gasteiger partial charge >= 0.3 is 0 Å². The lowest BCUT2D eigenvalue weighted by Gasteiger charge is -2.13. The van der Waals surface area contributed by atoms with E-state index in [1.165, 1.54) is 13.2 Å². The zero-order valence-electron chi connectivity index (χ0n) is 18.7. The van der Waals surface area contributed by atoms with Crippen molar-refractivity contribution in [2.45, 2.75) is 39.5 Å². The number of ether oxygens (including phenoxy) is 3. The molecule has 6 nitrogen and oxygen atoms in total. The van der Waals surface area contributed by atoms with Gasteiger partial charge in [0.2, 0.25) is 0 Å². The Kier molecular flexibility index (Phi) is 10.4. The molecule has 2 rings (SSSR count). The lowest BCUT2D eigenvalue weighted by molar-refractivity contribution is -0.112. The predicted molar refractivity (Wildman–Crippen MR) is 127 cm³/mol. The number of methoxy groups -OCH3 is 1. The standard InChI is InChI=1S/C25H29ClN2O4/c1-4-6-7-8-13-32-24-22(26)15-18(16-23(24)30-3)14-19(17-27)25(29)28-20-9-11-21(12-10-20)31-5-2/h9-12,14-16H,4-8,13H2,1-3H3,(H,28,29)/b19-14+. The van der Waals surface area contributed by atoms with E-state index >= 15 is 0 Å². The largest absolute Gasteiger partial charge is 0.494 e. The van der Waals surface area contributed by atoms with Gasteiger partial charge in [-0.1, -0.05) is 37.8 Å². The molecule has 0 unspecified atom stereocenters. The summed E-state index contributed by atoms with van der Waals surface area (Å²) in [5.74, 6) is 1.09. The number of carbonyl (C=O) groups is 1. The topological polar surface area (TPSA) is 80.6 Å². The number of benzene rings is 2. The molecule has 0 aliphatic rings. The Hall–Kier alpha value is -3.17. The average Bonchev–Trinajstić information content (AvgIpc) is 2.79. The van der Waals surface area contributed by atoms with Crippen LogP contribution in [0.15, 0.2) is 42.0 Å². The van der Waals surface area contributed by atoms with Gasteiger partial charge in [-0.2, -0.15) is 5.26 Å². The first kappa shape index (κ1) is 25.1. The zero-order valence-corrected chi connectivity index (χ0v) is 19.5. The van der Waals surface area contributed by atoms with Crippen molar-refractivity contribution in [1.82, 2.24) is 0 Å². The van der Waals surface area contributed by atoms with Crippen molar-refractivity contribution in [3.8, 4) is 23.3 Å². The number of unbranched alkanes of at least 4 members (excludes halogenated alkanes) is 3. The molecule has 2 aromatic rings. The van der Waals surface area contributed by atoms with Crippen LogP contribution in [0.4, 0.5) is 5.69 Å². The molecular weight excluding hydrogens is 428 g/mol. The van der Waals surface area contributed by atoms with Crippen molar-refractivity contribution >= 4 is 29.3 Å². The first-order valence-corrected chi connectivity index (χ1v) is 11.1. The Labute approximate surface area is 194 Å². The Morgan fingerprint density at radius 1 is 1.12 bits per heavy atom. The summed E-state index contributed by atoms with van der Waals surface area (Å²) in [6.45, 7) is 5.15.